The Hall–Kier alpha value is -1.55. The van der Waals surface area contributed by atoms with Gasteiger partial charge in [0.1, 0.15) is 17.4 Å². The molecule has 0 saturated carbocycles. The van der Waals surface area contributed by atoms with E-state index in [1.165, 1.54) is 11.3 Å². The molecule has 0 radical (unpaired) electrons. The van der Waals surface area contributed by atoms with E-state index in [2.05, 4.69) is 0 Å². The Morgan fingerprint density at radius 2 is 2.00 bits per heavy atom. The standard InChI is InChI=1S/C13H10F2OS/c14-10-3-4-13(15)9(6-10)7-11(16)8-12-2-1-5-17-12/h1-6H,7-8H2. The summed E-state index contributed by atoms with van der Waals surface area (Å²) in [4.78, 5) is 12.6. The van der Waals surface area contributed by atoms with E-state index in [1.54, 1.807) is 0 Å². The molecule has 1 aromatic carbocycles. The Bertz CT molecular complexity index is 520. The number of halogens is 2. The van der Waals surface area contributed by atoms with Gasteiger partial charge in [0, 0.05) is 17.7 Å². The molecule has 0 atom stereocenters. The van der Waals surface area contributed by atoms with Crippen molar-refractivity contribution in [2.45, 2.75) is 12.8 Å². The lowest BCUT2D eigenvalue weighted by Crippen LogP contribution is -2.07. The minimum absolute atomic E-state index is 0.0680. The van der Waals surface area contributed by atoms with Crippen LogP contribution in [-0.4, -0.2) is 5.78 Å². The molecular formula is C13H10F2OS. The van der Waals surface area contributed by atoms with Gasteiger partial charge in [-0.1, -0.05) is 6.07 Å². The molecule has 0 N–H and O–H groups in total. The zero-order chi connectivity index (χ0) is 12.3. The number of benzene rings is 1. The second-order valence-corrected chi connectivity index (χ2v) is 4.74. The molecule has 1 heterocycles. The fraction of sp³-hybridized carbons (Fsp3) is 0.154. The normalized spacial score (nSPS) is 10.5. The van der Waals surface area contributed by atoms with Crippen molar-refractivity contribution in [3.8, 4) is 0 Å². The summed E-state index contributed by atoms with van der Waals surface area (Å²) in [5.41, 5.74) is 0.117. The molecule has 2 aromatic rings. The monoisotopic (exact) mass is 252 g/mol. The van der Waals surface area contributed by atoms with Crippen LogP contribution in [0.25, 0.3) is 0 Å². The average Bonchev–Trinajstić information content (AvgIpc) is 2.76. The fourth-order valence-electron chi connectivity index (χ4n) is 1.56. The smallest absolute Gasteiger partial charge is 0.142 e. The first-order valence-electron chi connectivity index (χ1n) is 5.13. The topological polar surface area (TPSA) is 17.1 Å². The molecule has 0 spiro atoms. The molecule has 1 aromatic heterocycles. The molecular weight excluding hydrogens is 242 g/mol. The third-order valence-electron chi connectivity index (χ3n) is 2.35. The molecule has 0 aliphatic rings. The van der Waals surface area contributed by atoms with Gasteiger partial charge >= 0.3 is 0 Å². The second kappa shape index (κ2) is 5.19. The highest BCUT2D eigenvalue weighted by Crippen LogP contribution is 2.14. The molecule has 1 nitrogen and oxygen atoms in total. The highest BCUT2D eigenvalue weighted by Gasteiger charge is 2.10. The number of Topliss-reactive ketones (excluding diaryl/α,β-unsaturated/α-hetero) is 1. The molecule has 0 aliphatic carbocycles. The van der Waals surface area contributed by atoms with Gasteiger partial charge in [-0.15, -0.1) is 11.3 Å². The molecule has 2 rings (SSSR count). The zero-order valence-corrected chi connectivity index (χ0v) is 9.77. The van der Waals surface area contributed by atoms with E-state index in [0.29, 0.717) is 0 Å². The first kappa shape index (κ1) is 11.9. The van der Waals surface area contributed by atoms with Crippen molar-refractivity contribution >= 4 is 17.1 Å². The Balaban J connectivity index is 2.05. The van der Waals surface area contributed by atoms with E-state index in [1.807, 2.05) is 17.5 Å². The van der Waals surface area contributed by atoms with Gasteiger partial charge < -0.3 is 0 Å². The average molecular weight is 252 g/mol. The number of carbonyl (C=O) groups is 1. The van der Waals surface area contributed by atoms with Crippen LogP contribution in [0.5, 0.6) is 0 Å². The van der Waals surface area contributed by atoms with Crippen molar-refractivity contribution in [3.63, 3.8) is 0 Å². The lowest BCUT2D eigenvalue weighted by Gasteiger charge is -2.02. The molecule has 0 fully saturated rings. The predicted octanol–water partition coefficient (Wildman–Crippen LogP) is 3.38. The fourth-order valence-corrected chi connectivity index (χ4v) is 2.29. The van der Waals surface area contributed by atoms with Gasteiger partial charge in [0.25, 0.3) is 0 Å². The van der Waals surface area contributed by atoms with Crippen molar-refractivity contribution in [1.29, 1.82) is 0 Å². The number of ketones is 1. The van der Waals surface area contributed by atoms with Crippen LogP contribution in [-0.2, 0) is 17.6 Å². The SMILES string of the molecule is O=C(Cc1cccs1)Cc1cc(F)ccc1F. The third-order valence-corrected chi connectivity index (χ3v) is 3.22. The molecule has 4 heteroatoms. The van der Waals surface area contributed by atoms with Gasteiger partial charge in [0.2, 0.25) is 0 Å². The Kier molecular flexibility index (Phi) is 3.64. The zero-order valence-electron chi connectivity index (χ0n) is 8.95. The summed E-state index contributed by atoms with van der Waals surface area (Å²) in [6.45, 7) is 0. The maximum Gasteiger partial charge on any atom is 0.142 e. The highest BCUT2D eigenvalue weighted by atomic mass is 32.1. The lowest BCUT2D eigenvalue weighted by atomic mass is 10.1. The quantitative estimate of drug-likeness (QED) is 0.815. The van der Waals surface area contributed by atoms with E-state index >= 15 is 0 Å². The minimum atomic E-state index is -0.536. The van der Waals surface area contributed by atoms with Crippen LogP contribution >= 0.6 is 11.3 Å². The van der Waals surface area contributed by atoms with Crippen LogP contribution < -0.4 is 0 Å². The maximum atomic E-state index is 13.3. The van der Waals surface area contributed by atoms with E-state index in [0.717, 1.165) is 23.1 Å². The van der Waals surface area contributed by atoms with Crippen LogP contribution in [0.1, 0.15) is 10.4 Å². The Morgan fingerprint density at radius 3 is 2.71 bits per heavy atom. The number of carbonyl (C=O) groups excluding carboxylic acids is 1. The summed E-state index contributed by atoms with van der Waals surface area (Å²) in [5, 5.41) is 1.88. The molecule has 0 aliphatic heterocycles. The van der Waals surface area contributed by atoms with E-state index in [-0.39, 0.29) is 24.2 Å². The minimum Gasteiger partial charge on any atom is -0.299 e. The van der Waals surface area contributed by atoms with Gasteiger partial charge in [-0.05, 0) is 35.2 Å². The molecule has 17 heavy (non-hydrogen) atoms. The van der Waals surface area contributed by atoms with Crippen molar-refractivity contribution in [3.05, 3.63) is 57.8 Å². The Labute approximate surface area is 102 Å². The number of rotatable bonds is 4. The summed E-state index contributed by atoms with van der Waals surface area (Å²) in [6, 6.07) is 6.87. The number of thiophene rings is 1. The van der Waals surface area contributed by atoms with Crippen LogP contribution in [0.2, 0.25) is 0 Å². The summed E-state index contributed by atoms with van der Waals surface area (Å²) in [6.07, 6.45) is 0.203. The molecule has 0 bridgehead atoms. The van der Waals surface area contributed by atoms with Gasteiger partial charge in [0.15, 0.2) is 0 Å². The predicted molar refractivity (Wildman–Crippen MR) is 63.1 cm³/mol. The molecule has 0 unspecified atom stereocenters. The summed E-state index contributed by atoms with van der Waals surface area (Å²) >= 11 is 1.48. The van der Waals surface area contributed by atoms with Gasteiger partial charge in [-0.3, -0.25) is 4.79 Å². The van der Waals surface area contributed by atoms with Gasteiger partial charge in [-0.2, -0.15) is 0 Å². The molecule has 0 amide bonds. The first-order chi connectivity index (χ1) is 8.15. The van der Waals surface area contributed by atoms with Crippen molar-refractivity contribution < 1.29 is 13.6 Å². The van der Waals surface area contributed by atoms with Crippen LogP contribution in [0.15, 0.2) is 35.7 Å². The van der Waals surface area contributed by atoms with Gasteiger partial charge in [-0.25, -0.2) is 8.78 Å². The van der Waals surface area contributed by atoms with E-state index in [4.69, 9.17) is 0 Å². The van der Waals surface area contributed by atoms with Crippen LogP contribution in [0, 0.1) is 11.6 Å². The molecule has 0 saturated heterocycles. The second-order valence-electron chi connectivity index (χ2n) is 3.71. The van der Waals surface area contributed by atoms with Crippen LogP contribution in [0.3, 0.4) is 0 Å². The number of hydrogen-bond donors (Lipinski definition) is 0. The summed E-state index contributed by atoms with van der Waals surface area (Å²) < 4.78 is 26.2. The van der Waals surface area contributed by atoms with E-state index in [9.17, 15) is 13.6 Å². The summed E-state index contributed by atoms with van der Waals surface area (Å²) in [7, 11) is 0. The first-order valence-corrected chi connectivity index (χ1v) is 6.01. The third kappa shape index (κ3) is 3.20. The lowest BCUT2D eigenvalue weighted by molar-refractivity contribution is -0.117. The van der Waals surface area contributed by atoms with Gasteiger partial charge in [0.05, 0.1) is 0 Å². The van der Waals surface area contributed by atoms with Crippen molar-refractivity contribution in [1.82, 2.24) is 0 Å². The number of hydrogen-bond acceptors (Lipinski definition) is 2. The molecule has 88 valence electrons. The maximum absolute atomic E-state index is 13.3. The van der Waals surface area contributed by atoms with Crippen molar-refractivity contribution in [2.75, 3.05) is 0 Å². The Morgan fingerprint density at radius 1 is 1.18 bits per heavy atom. The highest BCUT2D eigenvalue weighted by molar-refractivity contribution is 7.10. The summed E-state index contributed by atoms with van der Waals surface area (Å²) in [5.74, 6) is -1.17. The largest absolute Gasteiger partial charge is 0.299 e. The van der Waals surface area contributed by atoms with E-state index < -0.39 is 11.6 Å². The van der Waals surface area contributed by atoms with Crippen molar-refractivity contribution in [2.24, 2.45) is 0 Å². The van der Waals surface area contributed by atoms with Crippen LogP contribution in [0.4, 0.5) is 8.78 Å².